The molecule has 1 aliphatic carbocycles. The molecule has 1 rings (SSSR count). The molecule has 0 saturated carbocycles. The van der Waals surface area contributed by atoms with E-state index in [1.165, 1.54) is 38.5 Å². The van der Waals surface area contributed by atoms with Crippen molar-refractivity contribution < 1.29 is 0 Å². The zero-order chi connectivity index (χ0) is 12.1. The van der Waals surface area contributed by atoms with Gasteiger partial charge in [-0.3, -0.25) is 0 Å². The van der Waals surface area contributed by atoms with Crippen molar-refractivity contribution in [3.8, 4) is 0 Å². The highest BCUT2D eigenvalue weighted by Gasteiger charge is 2.17. The Bertz CT molecular complexity index is 232. The van der Waals surface area contributed by atoms with E-state index < -0.39 is 0 Å². The molecule has 0 amide bonds. The molecule has 0 saturated heterocycles. The summed E-state index contributed by atoms with van der Waals surface area (Å²) in [6.07, 6.45) is 8.35. The normalized spacial score (nSPS) is 19.7. The van der Waals surface area contributed by atoms with Crippen LogP contribution in [0.4, 0.5) is 0 Å². The second-order valence-electron chi connectivity index (χ2n) is 6.44. The first-order valence-electron chi connectivity index (χ1n) is 7.20. The first-order valence-corrected chi connectivity index (χ1v) is 7.20. The van der Waals surface area contributed by atoms with E-state index in [1.54, 1.807) is 0 Å². The van der Waals surface area contributed by atoms with Gasteiger partial charge < -0.3 is 0 Å². The van der Waals surface area contributed by atoms with Crippen molar-refractivity contribution in [3.05, 3.63) is 11.1 Å². The molecule has 0 aromatic carbocycles. The quantitative estimate of drug-likeness (QED) is 0.532. The van der Waals surface area contributed by atoms with Crippen LogP contribution in [0.2, 0.25) is 0 Å². The molecule has 0 N–H and O–H groups in total. The van der Waals surface area contributed by atoms with Crippen LogP contribution < -0.4 is 0 Å². The van der Waals surface area contributed by atoms with Crippen molar-refractivity contribution in [2.45, 2.75) is 73.1 Å². The van der Waals surface area contributed by atoms with Crippen LogP contribution in [0.5, 0.6) is 0 Å². The van der Waals surface area contributed by atoms with Gasteiger partial charge in [-0.25, -0.2) is 0 Å². The van der Waals surface area contributed by atoms with Crippen molar-refractivity contribution in [3.63, 3.8) is 0 Å². The van der Waals surface area contributed by atoms with Crippen molar-refractivity contribution >= 4 is 0 Å². The van der Waals surface area contributed by atoms with E-state index in [4.69, 9.17) is 0 Å². The maximum Gasteiger partial charge on any atom is -0.0289 e. The summed E-state index contributed by atoms with van der Waals surface area (Å²) in [5, 5.41) is 0. The van der Waals surface area contributed by atoms with E-state index in [2.05, 4.69) is 34.6 Å². The van der Waals surface area contributed by atoms with Gasteiger partial charge in [0.1, 0.15) is 0 Å². The highest BCUT2D eigenvalue weighted by molar-refractivity contribution is 5.18. The van der Waals surface area contributed by atoms with Gasteiger partial charge in [0.05, 0.1) is 0 Å². The van der Waals surface area contributed by atoms with Crippen LogP contribution in [0.3, 0.4) is 0 Å². The van der Waals surface area contributed by atoms with Crippen molar-refractivity contribution in [2.24, 2.45) is 17.8 Å². The molecular weight excluding hydrogens is 192 g/mol. The summed E-state index contributed by atoms with van der Waals surface area (Å²) in [6.45, 7) is 11.8. The average molecular weight is 222 g/mol. The number of allylic oxidation sites excluding steroid dienone is 2. The van der Waals surface area contributed by atoms with Gasteiger partial charge in [0.2, 0.25) is 0 Å². The Morgan fingerprint density at radius 1 is 0.812 bits per heavy atom. The molecule has 94 valence electrons. The van der Waals surface area contributed by atoms with Crippen LogP contribution in [-0.2, 0) is 0 Å². The number of hydrogen-bond donors (Lipinski definition) is 0. The van der Waals surface area contributed by atoms with Crippen molar-refractivity contribution in [2.75, 3.05) is 0 Å². The fourth-order valence-corrected chi connectivity index (χ4v) is 2.64. The van der Waals surface area contributed by atoms with Crippen molar-refractivity contribution in [1.82, 2.24) is 0 Å². The summed E-state index contributed by atoms with van der Waals surface area (Å²) in [4.78, 5) is 0. The fraction of sp³-hybridized carbons (Fsp3) is 0.875. The van der Waals surface area contributed by atoms with Crippen LogP contribution in [0, 0.1) is 17.8 Å². The Morgan fingerprint density at radius 3 is 1.75 bits per heavy atom. The largest absolute Gasteiger partial charge is 0.0707 e. The predicted molar refractivity (Wildman–Crippen MR) is 73.6 cm³/mol. The minimum Gasteiger partial charge on any atom is -0.0707 e. The minimum absolute atomic E-state index is 0.828. The van der Waals surface area contributed by atoms with Crippen LogP contribution in [-0.4, -0.2) is 0 Å². The Kier molecular flexibility index (Phi) is 5.58. The molecule has 1 aliphatic rings. The lowest BCUT2D eigenvalue weighted by molar-refractivity contribution is 0.403. The van der Waals surface area contributed by atoms with Crippen molar-refractivity contribution in [1.29, 1.82) is 0 Å². The molecular formula is C16H30. The summed E-state index contributed by atoms with van der Waals surface area (Å²) in [5.41, 5.74) is 3.63. The predicted octanol–water partition coefficient (Wildman–Crippen LogP) is 5.59. The van der Waals surface area contributed by atoms with Crippen LogP contribution >= 0.6 is 0 Å². The highest BCUT2D eigenvalue weighted by Crippen LogP contribution is 2.34. The van der Waals surface area contributed by atoms with Gasteiger partial charge in [-0.2, -0.15) is 0 Å². The molecule has 0 aromatic heterocycles. The third-order valence-corrected chi connectivity index (χ3v) is 4.07. The average Bonchev–Trinajstić information content (AvgIpc) is 2.20. The van der Waals surface area contributed by atoms with Gasteiger partial charge in [0, 0.05) is 0 Å². The number of hydrogen-bond acceptors (Lipinski definition) is 0. The summed E-state index contributed by atoms with van der Waals surface area (Å²) >= 11 is 0. The topological polar surface area (TPSA) is 0 Å². The van der Waals surface area contributed by atoms with E-state index in [-0.39, 0.29) is 0 Å². The molecule has 0 heterocycles. The monoisotopic (exact) mass is 222 g/mol. The Labute approximate surface area is 103 Å². The fourth-order valence-electron chi connectivity index (χ4n) is 2.64. The second-order valence-corrected chi connectivity index (χ2v) is 6.44. The third-order valence-electron chi connectivity index (χ3n) is 4.07. The maximum atomic E-state index is 2.42. The molecule has 0 heteroatoms. The molecule has 0 nitrogen and oxygen atoms in total. The SMILES string of the molecule is CC(C)CC1=C(CC(C)C(C)C)CCCC1. The summed E-state index contributed by atoms with van der Waals surface area (Å²) in [6, 6.07) is 0. The van der Waals surface area contributed by atoms with E-state index in [0.717, 1.165) is 17.8 Å². The van der Waals surface area contributed by atoms with Crippen LogP contribution in [0.25, 0.3) is 0 Å². The molecule has 0 radical (unpaired) electrons. The Morgan fingerprint density at radius 2 is 1.31 bits per heavy atom. The highest BCUT2D eigenvalue weighted by atomic mass is 14.2. The molecule has 0 bridgehead atoms. The zero-order valence-electron chi connectivity index (χ0n) is 12.0. The van der Waals surface area contributed by atoms with E-state index in [1.807, 2.05) is 11.1 Å². The molecule has 16 heavy (non-hydrogen) atoms. The third kappa shape index (κ3) is 4.31. The summed E-state index contributed by atoms with van der Waals surface area (Å²) in [5.74, 6) is 2.52. The van der Waals surface area contributed by atoms with E-state index in [9.17, 15) is 0 Å². The lowest BCUT2D eigenvalue weighted by atomic mass is 9.81. The number of rotatable bonds is 5. The molecule has 0 spiro atoms. The summed E-state index contributed by atoms with van der Waals surface area (Å²) in [7, 11) is 0. The van der Waals surface area contributed by atoms with Crippen LogP contribution in [0.1, 0.15) is 73.1 Å². The van der Waals surface area contributed by atoms with E-state index >= 15 is 0 Å². The lowest BCUT2D eigenvalue weighted by Crippen LogP contribution is -2.10. The molecule has 0 fully saturated rings. The Balaban J connectivity index is 2.66. The van der Waals surface area contributed by atoms with Gasteiger partial charge in [-0.05, 0) is 56.3 Å². The standard InChI is InChI=1S/C16H30/c1-12(2)10-15-8-6-7-9-16(15)11-14(5)13(3)4/h12-14H,6-11H2,1-5H3. The minimum atomic E-state index is 0.828. The first kappa shape index (κ1) is 13.8. The Hall–Kier alpha value is -0.260. The van der Waals surface area contributed by atoms with Crippen LogP contribution in [0.15, 0.2) is 11.1 Å². The molecule has 0 aliphatic heterocycles. The first-order chi connectivity index (χ1) is 7.50. The van der Waals surface area contributed by atoms with Gasteiger partial charge in [-0.15, -0.1) is 0 Å². The van der Waals surface area contributed by atoms with Gasteiger partial charge in [0.25, 0.3) is 0 Å². The zero-order valence-corrected chi connectivity index (χ0v) is 12.0. The second kappa shape index (κ2) is 6.47. The maximum absolute atomic E-state index is 2.42. The van der Waals surface area contributed by atoms with Gasteiger partial charge in [0.15, 0.2) is 0 Å². The molecule has 1 unspecified atom stereocenters. The molecule has 0 aromatic rings. The van der Waals surface area contributed by atoms with Gasteiger partial charge >= 0.3 is 0 Å². The smallest absolute Gasteiger partial charge is 0.0289 e. The molecule has 1 atom stereocenters. The summed E-state index contributed by atoms with van der Waals surface area (Å²) < 4.78 is 0. The lowest BCUT2D eigenvalue weighted by Gasteiger charge is -2.25. The van der Waals surface area contributed by atoms with Gasteiger partial charge in [-0.1, -0.05) is 45.8 Å². The van der Waals surface area contributed by atoms with E-state index in [0.29, 0.717) is 0 Å².